The molecule has 5 heteroatoms. The Hall–Kier alpha value is -1.75. The minimum Gasteiger partial charge on any atom is -0.507 e. The standard InChI is InChI=1S/C9H10N2O3/c10-4-5-13-9-8-6(12)2-1-3-7(8)14-11-9/h1-3,12H,4-5,10H2. The van der Waals surface area contributed by atoms with Gasteiger partial charge in [-0.25, -0.2) is 0 Å². The van der Waals surface area contributed by atoms with E-state index in [0.29, 0.717) is 24.1 Å². The highest BCUT2D eigenvalue weighted by molar-refractivity contribution is 5.88. The third-order valence-electron chi connectivity index (χ3n) is 1.80. The topological polar surface area (TPSA) is 81.5 Å². The van der Waals surface area contributed by atoms with Gasteiger partial charge in [0.2, 0.25) is 0 Å². The number of aromatic hydroxyl groups is 1. The predicted octanol–water partition coefficient (Wildman–Crippen LogP) is 0.871. The number of benzene rings is 1. The average molecular weight is 194 g/mol. The van der Waals surface area contributed by atoms with Gasteiger partial charge in [-0.2, -0.15) is 0 Å². The first-order valence-electron chi connectivity index (χ1n) is 4.23. The van der Waals surface area contributed by atoms with E-state index in [9.17, 15) is 5.11 Å². The molecule has 2 aromatic rings. The molecule has 0 saturated heterocycles. The first-order chi connectivity index (χ1) is 6.83. The third kappa shape index (κ3) is 1.38. The van der Waals surface area contributed by atoms with Crippen LogP contribution in [0.3, 0.4) is 0 Å². The van der Waals surface area contributed by atoms with E-state index in [-0.39, 0.29) is 11.6 Å². The zero-order chi connectivity index (χ0) is 9.97. The number of hydrogen-bond acceptors (Lipinski definition) is 5. The average Bonchev–Trinajstić information content (AvgIpc) is 2.59. The maximum Gasteiger partial charge on any atom is 0.265 e. The molecule has 0 radical (unpaired) electrons. The number of fused-ring (bicyclic) bond motifs is 1. The Bertz CT molecular complexity index is 439. The van der Waals surface area contributed by atoms with Crippen LogP contribution in [-0.4, -0.2) is 23.4 Å². The van der Waals surface area contributed by atoms with Crippen LogP contribution < -0.4 is 10.5 Å². The van der Waals surface area contributed by atoms with E-state index in [1.165, 1.54) is 0 Å². The normalized spacial score (nSPS) is 10.6. The Morgan fingerprint density at radius 3 is 3.14 bits per heavy atom. The van der Waals surface area contributed by atoms with Crippen LogP contribution in [0.2, 0.25) is 0 Å². The summed E-state index contributed by atoms with van der Waals surface area (Å²) in [5.41, 5.74) is 5.78. The Morgan fingerprint density at radius 1 is 1.50 bits per heavy atom. The lowest BCUT2D eigenvalue weighted by atomic mass is 10.2. The van der Waals surface area contributed by atoms with Crippen LogP contribution in [-0.2, 0) is 0 Å². The van der Waals surface area contributed by atoms with Crippen molar-refractivity contribution in [2.45, 2.75) is 0 Å². The molecule has 1 heterocycles. The Balaban J connectivity index is 2.45. The highest BCUT2D eigenvalue weighted by atomic mass is 16.5. The number of rotatable bonds is 3. The van der Waals surface area contributed by atoms with Gasteiger partial charge in [0.1, 0.15) is 17.7 Å². The van der Waals surface area contributed by atoms with Gasteiger partial charge >= 0.3 is 0 Å². The molecule has 0 atom stereocenters. The second kappa shape index (κ2) is 3.55. The second-order valence-electron chi connectivity index (χ2n) is 2.78. The summed E-state index contributed by atoms with van der Waals surface area (Å²) in [4.78, 5) is 0. The van der Waals surface area contributed by atoms with Crippen molar-refractivity contribution in [1.29, 1.82) is 0 Å². The van der Waals surface area contributed by atoms with Crippen molar-refractivity contribution in [3.63, 3.8) is 0 Å². The maximum absolute atomic E-state index is 9.53. The molecule has 0 aliphatic carbocycles. The quantitative estimate of drug-likeness (QED) is 0.757. The fourth-order valence-electron chi connectivity index (χ4n) is 1.20. The van der Waals surface area contributed by atoms with Crippen molar-refractivity contribution in [2.24, 2.45) is 5.73 Å². The summed E-state index contributed by atoms with van der Waals surface area (Å²) in [6.45, 7) is 0.734. The minimum atomic E-state index is 0.0933. The lowest BCUT2D eigenvalue weighted by molar-refractivity contribution is 0.292. The van der Waals surface area contributed by atoms with Gasteiger partial charge in [-0.15, -0.1) is 0 Å². The number of aromatic nitrogens is 1. The molecule has 0 bridgehead atoms. The van der Waals surface area contributed by atoms with Gasteiger partial charge in [-0.1, -0.05) is 6.07 Å². The number of phenolic OH excluding ortho intramolecular Hbond substituents is 1. The molecule has 0 aliphatic heterocycles. The summed E-state index contributed by atoms with van der Waals surface area (Å²) in [7, 11) is 0. The summed E-state index contributed by atoms with van der Waals surface area (Å²) in [5.74, 6) is 0.374. The van der Waals surface area contributed by atoms with Gasteiger partial charge in [-0.05, 0) is 17.3 Å². The van der Waals surface area contributed by atoms with Crippen LogP contribution in [0, 0.1) is 0 Å². The van der Waals surface area contributed by atoms with Crippen molar-refractivity contribution in [1.82, 2.24) is 5.16 Å². The number of nitrogens with two attached hydrogens (primary N) is 1. The molecule has 0 fully saturated rings. The number of hydrogen-bond donors (Lipinski definition) is 2. The summed E-state index contributed by atoms with van der Waals surface area (Å²) in [6, 6.07) is 4.93. The Kier molecular flexibility index (Phi) is 2.24. The van der Waals surface area contributed by atoms with Gasteiger partial charge in [0.15, 0.2) is 5.58 Å². The fraction of sp³-hybridized carbons (Fsp3) is 0.222. The second-order valence-corrected chi connectivity index (χ2v) is 2.78. The molecule has 0 saturated carbocycles. The molecule has 1 aromatic carbocycles. The van der Waals surface area contributed by atoms with Crippen molar-refractivity contribution in [2.75, 3.05) is 13.2 Å². The third-order valence-corrected chi connectivity index (χ3v) is 1.80. The molecule has 5 nitrogen and oxygen atoms in total. The molecule has 14 heavy (non-hydrogen) atoms. The van der Waals surface area contributed by atoms with E-state index in [4.69, 9.17) is 15.0 Å². The van der Waals surface area contributed by atoms with E-state index in [1.807, 2.05) is 0 Å². The van der Waals surface area contributed by atoms with Crippen LogP contribution in [0.25, 0.3) is 11.0 Å². The van der Waals surface area contributed by atoms with Crippen molar-refractivity contribution in [3.05, 3.63) is 18.2 Å². The monoisotopic (exact) mass is 194 g/mol. The number of phenols is 1. The smallest absolute Gasteiger partial charge is 0.265 e. The fourth-order valence-corrected chi connectivity index (χ4v) is 1.20. The van der Waals surface area contributed by atoms with E-state index in [2.05, 4.69) is 5.16 Å². The lowest BCUT2D eigenvalue weighted by Gasteiger charge is -1.99. The maximum atomic E-state index is 9.53. The number of ether oxygens (including phenoxy) is 1. The van der Waals surface area contributed by atoms with E-state index < -0.39 is 0 Å². The summed E-state index contributed by atoms with van der Waals surface area (Å²) in [6.07, 6.45) is 0. The molecular formula is C9H10N2O3. The van der Waals surface area contributed by atoms with Gasteiger partial charge in [-0.3, -0.25) is 0 Å². The first-order valence-corrected chi connectivity index (χ1v) is 4.23. The van der Waals surface area contributed by atoms with Gasteiger partial charge in [0, 0.05) is 6.54 Å². The highest BCUT2D eigenvalue weighted by Crippen LogP contribution is 2.32. The Labute approximate surface area is 80.1 Å². The van der Waals surface area contributed by atoms with Crippen LogP contribution in [0.15, 0.2) is 22.7 Å². The van der Waals surface area contributed by atoms with Crippen LogP contribution >= 0.6 is 0 Å². The Morgan fingerprint density at radius 2 is 2.36 bits per heavy atom. The van der Waals surface area contributed by atoms with E-state index in [0.717, 1.165) is 0 Å². The van der Waals surface area contributed by atoms with E-state index in [1.54, 1.807) is 18.2 Å². The van der Waals surface area contributed by atoms with Crippen molar-refractivity contribution in [3.8, 4) is 11.6 Å². The summed E-state index contributed by atoms with van der Waals surface area (Å²) >= 11 is 0. The molecule has 2 rings (SSSR count). The largest absolute Gasteiger partial charge is 0.507 e. The summed E-state index contributed by atoms with van der Waals surface area (Å²) in [5, 5.41) is 13.7. The highest BCUT2D eigenvalue weighted by Gasteiger charge is 2.12. The molecule has 0 spiro atoms. The molecule has 3 N–H and O–H groups in total. The lowest BCUT2D eigenvalue weighted by Crippen LogP contribution is -2.10. The molecule has 0 unspecified atom stereocenters. The van der Waals surface area contributed by atoms with Crippen molar-refractivity contribution >= 4 is 11.0 Å². The molecule has 0 aliphatic rings. The number of nitrogens with zero attached hydrogens (tertiary/aromatic N) is 1. The SMILES string of the molecule is NCCOc1noc2cccc(O)c12. The van der Waals surface area contributed by atoms with Crippen molar-refractivity contribution < 1.29 is 14.4 Å². The van der Waals surface area contributed by atoms with Crippen LogP contribution in [0.1, 0.15) is 0 Å². The van der Waals surface area contributed by atoms with E-state index >= 15 is 0 Å². The van der Waals surface area contributed by atoms with Gasteiger partial charge in [0.05, 0.1) is 0 Å². The molecule has 74 valence electrons. The predicted molar refractivity (Wildman–Crippen MR) is 50.2 cm³/mol. The first kappa shape index (κ1) is 8.83. The zero-order valence-electron chi connectivity index (χ0n) is 7.43. The molecular weight excluding hydrogens is 184 g/mol. The minimum absolute atomic E-state index is 0.0933. The van der Waals surface area contributed by atoms with Crippen LogP contribution in [0.4, 0.5) is 0 Å². The summed E-state index contributed by atoms with van der Waals surface area (Å²) < 4.78 is 10.2. The van der Waals surface area contributed by atoms with Crippen LogP contribution in [0.5, 0.6) is 11.6 Å². The van der Waals surface area contributed by atoms with Gasteiger partial charge < -0.3 is 20.1 Å². The zero-order valence-corrected chi connectivity index (χ0v) is 7.43. The molecule has 0 amide bonds. The van der Waals surface area contributed by atoms with Gasteiger partial charge in [0.25, 0.3) is 5.88 Å². The molecule has 1 aromatic heterocycles.